The molecule has 0 spiro atoms. The third-order valence-corrected chi connectivity index (χ3v) is 9.51. The van der Waals surface area contributed by atoms with E-state index in [0.717, 1.165) is 0 Å². The molecule has 274 valence electrons. The number of aliphatic hydroxyl groups is 2. The van der Waals surface area contributed by atoms with Gasteiger partial charge in [0.25, 0.3) is 0 Å². The molecule has 3 unspecified atom stereocenters. The van der Waals surface area contributed by atoms with Crippen LogP contribution in [0.3, 0.4) is 0 Å². The molecule has 3 heterocycles. The predicted octanol–water partition coefficient (Wildman–Crippen LogP) is 2.82. The topological polar surface area (TPSA) is 229 Å². The first-order valence-electron chi connectivity index (χ1n) is 15.9. The molecular weight excluding hydrogens is 675 g/mol. The molecule has 2 aromatic heterocycles. The number of aromatic nitrogens is 4. The number of nitrogens with zero attached hydrogens (tertiary/aromatic N) is 4. The number of nitrogen functional groups attached to an aromatic ring is 1. The Morgan fingerprint density at radius 2 is 1.84 bits per heavy atom. The number of ether oxygens (including phenoxy) is 4. The van der Waals surface area contributed by atoms with E-state index in [2.05, 4.69) is 26.6 Å². The summed E-state index contributed by atoms with van der Waals surface area (Å²) in [5.41, 5.74) is 5.24. The average Bonchev–Trinajstić information content (AvgIpc) is 3.57. The van der Waals surface area contributed by atoms with Gasteiger partial charge in [-0.3, -0.25) is 13.6 Å². The minimum absolute atomic E-state index is 0.0800. The predicted molar refractivity (Wildman–Crippen MR) is 179 cm³/mol. The smallest absolute Gasteiger partial charge is 0.407 e. The third-order valence-electron chi connectivity index (χ3n) is 7.86. The van der Waals surface area contributed by atoms with Crippen LogP contribution >= 0.6 is 7.75 Å². The number of anilines is 1. The van der Waals surface area contributed by atoms with Gasteiger partial charge in [0.1, 0.15) is 30.5 Å². The second-order valence-corrected chi connectivity index (χ2v) is 14.2. The second kappa shape index (κ2) is 15.9. The van der Waals surface area contributed by atoms with Crippen LogP contribution in [0, 0.1) is 5.92 Å². The van der Waals surface area contributed by atoms with Gasteiger partial charge in [-0.15, -0.1) is 0 Å². The fourth-order valence-corrected chi connectivity index (χ4v) is 6.67. The molecule has 1 aliphatic rings. The molecule has 0 radical (unpaired) electrons. The van der Waals surface area contributed by atoms with Crippen molar-refractivity contribution < 1.29 is 52.4 Å². The van der Waals surface area contributed by atoms with Crippen molar-refractivity contribution in [2.75, 3.05) is 19.5 Å². The number of methoxy groups -OCH3 is 1. The third kappa shape index (κ3) is 8.84. The minimum atomic E-state index is -4.69. The number of fused-ring (bicyclic) bond motifs is 1. The van der Waals surface area contributed by atoms with Crippen LogP contribution < -0.4 is 15.6 Å². The molecule has 0 amide bonds. The van der Waals surface area contributed by atoms with Crippen molar-refractivity contribution in [3.05, 3.63) is 54.4 Å². The summed E-state index contributed by atoms with van der Waals surface area (Å²) in [6, 6.07) is 7.51. The van der Waals surface area contributed by atoms with Gasteiger partial charge >= 0.3 is 19.7 Å². The van der Waals surface area contributed by atoms with Crippen LogP contribution in [-0.2, 0) is 44.0 Å². The molecule has 1 aromatic carbocycles. The second-order valence-electron chi connectivity index (χ2n) is 12.5. The molecule has 1 saturated heterocycles. The maximum Gasteiger partial charge on any atom is 0.407 e. The van der Waals surface area contributed by atoms with Crippen molar-refractivity contribution in [2.45, 2.75) is 90.4 Å². The number of nitrogens with two attached hydrogens (primary N) is 1. The molecule has 17 nitrogen and oxygen atoms in total. The molecule has 0 bridgehead atoms. The maximum atomic E-state index is 14.5. The highest BCUT2D eigenvalue weighted by Crippen LogP contribution is 2.49. The summed E-state index contributed by atoms with van der Waals surface area (Å²) in [7, 11) is -3.31. The molecule has 0 saturated carbocycles. The Morgan fingerprint density at radius 3 is 2.46 bits per heavy atom. The lowest BCUT2D eigenvalue weighted by Crippen LogP contribution is -2.45. The number of hydrogen-bond acceptors (Lipinski definition) is 15. The standard InChI is InChI=1S/C32H45N6O11P/c1-17(2)19(5)23(29(41)47-18(3)4)37-50(43,49-20(6)28(40)45-14-21-12-10-9-11-13-21)46-15-22-25(39)32(7,42)30(48-22)38-16-34-24-26(38)35-31(33)36-27(24)44-8/h9-13,16-18,20,22-23,25,30,39,42H,5,14-15H2,1-4,6-8H3,(H,37,43)(H2,33,35,36)/t20?,22-,23+,25-,30?,32-,50?/m1/s1. The van der Waals surface area contributed by atoms with Crippen LogP contribution in [-0.4, -0.2) is 91.4 Å². The number of imidazole rings is 1. The Hall–Kier alpha value is -3.96. The van der Waals surface area contributed by atoms with Gasteiger partial charge in [-0.1, -0.05) is 50.8 Å². The van der Waals surface area contributed by atoms with Crippen LogP contribution in [0.25, 0.3) is 11.2 Å². The Labute approximate surface area is 289 Å². The molecule has 1 fully saturated rings. The molecule has 5 N–H and O–H groups in total. The number of carbonyl (C=O) groups is 2. The SMILES string of the molecule is C=C(C(C)C)[C@H](NP(=O)(OC[C@H]1OC(n2cnc3c(OC)nc(N)nc32)[C@](C)(O)[C@@H]1O)OC(C)C(=O)OCc1ccccc1)C(=O)OC(C)C. The number of benzene rings is 1. The number of rotatable bonds is 16. The molecule has 3 aromatic rings. The zero-order valence-electron chi connectivity index (χ0n) is 29.0. The first-order valence-corrected chi connectivity index (χ1v) is 17.4. The molecule has 1 aliphatic heterocycles. The minimum Gasteiger partial charge on any atom is -0.479 e. The van der Waals surface area contributed by atoms with Crippen molar-refractivity contribution in [1.29, 1.82) is 0 Å². The highest BCUT2D eigenvalue weighted by atomic mass is 31.2. The number of nitrogens with one attached hydrogen (secondary N) is 1. The van der Waals surface area contributed by atoms with E-state index in [9.17, 15) is 24.4 Å². The van der Waals surface area contributed by atoms with Gasteiger partial charge in [0.2, 0.25) is 11.8 Å². The summed E-state index contributed by atoms with van der Waals surface area (Å²) < 4.78 is 49.3. The van der Waals surface area contributed by atoms with Crippen molar-refractivity contribution in [2.24, 2.45) is 5.92 Å². The summed E-state index contributed by atoms with van der Waals surface area (Å²) in [5.74, 6) is -2.02. The number of aliphatic hydroxyl groups excluding tert-OH is 1. The van der Waals surface area contributed by atoms with Crippen molar-refractivity contribution in [1.82, 2.24) is 24.6 Å². The van der Waals surface area contributed by atoms with Gasteiger partial charge < -0.3 is 34.9 Å². The van der Waals surface area contributed by atoms with Crippen LogP contribution in [0.15, 0.2) is 48.8 Å². The molecule has 50 heavy (non-hydrogen) atoms. The number of esters is 2. The average molecular weight is 721 g/mol. The van der Waals surface area contributed by atoms with Gasteiger partial charge in [-0.25, -0.2) is 24.2 Å². The highest BCUT2D eigenvalue weighted by Gasteiger charge is 2.54. The van der Waals surface area contributed by atoms with E-state index in [1.165, 1.54) is 31.9 Å². The lowest BCUT2D eigenvalue weighted by molar-refractivity contribution is -0.153. The summed E-state index contributed by atoms with van der Waals surface area (Å²) in [6.45, 7) is 12.7. The number of carbonyl (C=O) groups excluding carboxylic acids is 2. The first kappa shape index (κ1) is 38.8. The Morgan fingerprint density at radius 1 is 1.16 bits per heavy atom. The van der Waals surface area contributed by atoms with E-state index in [1.54, 1.807) is 52.0 Å². The van der Waals surface area contributed by atoms with Crippen LogP contribution in [0.5, 0.6) is 5.88 Å². The van der Waals surface area contributed by atoms with E-state index < -0.39 is 68.6 Å². The summed E-state index contributed by atoms with van der Waals surface area (Å²) in [6.07, 6.45) is -4.95. The Kier molecular flexibility index (Phi) is 12.4. The highest BCUT2D eigenvalue weighted by molar-refractivity contribution is 7.51. The van der Waals surface area contributed by atoms with Gasteiger partial charge in [-0.05, 0) is 44.7 Å². The van der Waals surface area contributed by atoms with Gasteiger partial charge in [0.05, 0.1) is 26.1 Å². The van der Waals surface area contributed by atoms with Crippen LogP contribution in [0.2, 0.25) is 0 Å². The van der Waals surface area contributed by atoms with E-state index in [-0.39, 0.29) is 35.5 Å². The zero-order chi connectivity index (χ0) is 37.0. The maximum absolute atomic E-state index is 14.5. The van der Waals surface area contributed by atoms with Gasteiger partial charge in [-0.2, -0.15) is 9.97 Å². The summed E-state index contributed by atoms with van der Waals surface area (Å²) in [5, 5.41) is 25.2. The van der Waals surface area contributed by atoms with Gasteiger partial charge in [0, 0.05) is 0 Å². The summed E-state index contributed by atoms with van der Waals surface area (Å²) in [4.78, 5) is 38.6. The van der Waals surface area contributed by atoms with E-state index >= 15 is 0 Å². The molecule has 7 atom stereocenters. The fourth-order valence-electron chi connectivity index (χ4n) is 5.04. The van der Waals surface area contributed by atoms with E-state index in [4.69, 9.17) is 33.7 Å². The first-order chi connectivity index (χ1) is 23.5. The lowest BCUT2D eigenvalue weighted by Gasteiger charge is -2.29. The summed E-state index contributed by atoms with van der Waals surface area (Å²) >= 11 is 0. The van der Waals surface area contributed by atoms with Crippen molar-refractivity contribution in [3.8, 4) is 5.88 Å². The van der Waals surface area contributed by atoms with Crippen LogP contribution in [0.1, 0.15) is 53.3 Å². The normalized spacial score (nSPS) is 23.1. The molecule has 4 rings (SSSR count). The molecular formula is C32H45N6O11P. The molecule has 0 aliphatic carbocycles. The Bertz CT molecular complexity index is 1720. The quantitative estimate of drug-likeness (QED) is 0.0947. The molecule has 18 heteroatoms. The fraction of sp³-hybridized carbons (Fsp3) is 0.531. The largest absolute Gasteiger partial charge is 0.479 e. The van der Waals surface area contributed by atoms with Crippen LogP contribution in [0.4, 0.5) is 5.95 Å². The van der Waals surface area contributed by atoms with Crippen molar-refractivity contribution >= 4 is 36.8 Å². The van der Waals surface area contributed by atoms with E-state index in [1.807, 2.05) is 6.07 Å². The monoisotopic (exact) mass is 720 g/mol. The lowest BCUT2D eigenvalue weighted by atomic mass is 9.96. The van der Waals surface area contributed by atoms with Crippen molar-refractivity contribution in [3.63, 3.8) is 0 Å². The van der Waals surface area contributed by atoms with Gasteiger partial charge in [0.15, 0.2) is 23.5 Å². The Balaban J connectivity index is 1.60. The zero-order valence-corrected chi connectivity index (χ0v) is 29.9. The number of hydrogen-bond donors (Lipinski definition) is 4. The van der Waals surface area contributed by atoms with E-state index in [0.29, 0.717) is 11.1 Å².